The number of hydrogen-bond acceptors (Lipinski definition) is 4. The lowest BCUT2D eigenvalue weighted by Gasteiger charge is -2.16. The van der Waals surface area contributed by atoms with Crippen LogP contribution in [0.1, 0.15) is 18.1 Å². The summed E-state index contributed by atoms with van der Waals surface area (Å²) in [6.07, 6.45) is 0.302. The van der Waals surface area contributed by atoms with Gasteiger partial charge in [0.1, 0.15) is 0 Å². The van der Waals surface area contributed by atoms with Gasteiger partial charge in [0.15, 0.2) is 0 Å². The zero-order chi connectivity index (χ0) is 15.9. The van der Waals surface area contributed by atoms with Gasteiger partial charge in [-0.05, 0) is 23.6 Å². The van der Waals surface area contributed by atoms with E-state index in [9.17, 15) is 8.42 Å². The van der Waals surface area contributed by atoms with Gasteiger partial charge in [-0.3, -0.25) is 0 Å². The molecule has 5 nitrogen and oxygen atoms in total. The molecular formula is C14H22ClNO4S. The van der Waals surface area contributed by atoms with Crippen LogP contribution in [0.5, 0.6) is 0 Å². The second kappa shape index (κ2) is 8.70. The molecule has 0 heterocycles. The lowest BCUT2D eigenvalue weighted by molar-refractivity contribution is 0.0320. The molecule has 0 spiro atoms. The van der Waals surface area contributed by atoms with E-state index in [4.69, 9.17) is 21.1 Å². The van der Waals surface area contributed by atoms with Crippen LogP contribution in [0.3, 0.4) is 0 Å². The Hall–Kier alpha value is -0.660. The van der Waals surface area contributed by atoms with Crippen LogP contribution in [-0.4, -0.2) is 41.9 Å². The highest BCUT2D eigenvalue weighted by molar-refractivity contribution is 7.89. The topological polar surface area (TPSA) is 64.6 Å². The molecule has 0 fully saturated rings. The van der Waals surface area contributed by atoms with Gasteiger partial charge >= 0.3 is 0 Å². The zero-order valence-electron chi connectivity index (χ0n) is 12.6. The minimum absolute atomic E-state index is 0.154. The number of benzene rings is 1. The first-order valence-corrected chi connectivity index (χ1v) is 8.69. The number of methoxy groups -OCH3 is 2. The Bertz CT molecular complexity index is 548. The molecule has 0 aromatic heterocycles. The quantitative estimate of drug-likeness (QED) is 0.700. The number of alkyl halides is 1. The number of halogens is 1. The van der Waals surface area contributed by atoms with Crippen molar-refractivity contribution in [3.63, 3.8) is 0 Å². The maximum atomic E-state index is 12.5. The molecule has 120 valence electrons. The fourth-order valence-corrected chi connectivity index (χ4v) is 3.49. The summed E-state index contributed by atoms with van der Waals surface area (Å²) in [7, 11) is -0.545. The molecule has 0 radical (unpaired) electrons. The zero-order valence-corrected chi connectivity index (χ0v) is 14.1. The van der Waals surface area contributed by atoms with Crippen molar-refractivity contribution >= 4 is 21.6 Å². The molecule has 1 unspecified atom stereocenters. The van der Waals surface area contributed by atoms with E-state index >= 15 is 0 Å². The van der Waals surface area contributed by atoms with Gasteiger partial charge in [0, 0.05) is 26.6 Å². The second-order valence-electron chi connectivity index (χ2n) is 4.59. The van der Waals surface area contributed by atoms with Crippen molar-refractivity contribution in [2.75, 3.05) is 27.4 Å². The van der Waals surface area contributed by atoms with Crippen molar-refractivity contribution in [2.24, 2.45) is 0 Å². The Labute approximate surface area is 131 Å². The van der Waals surface area contributed by atoms with E-state index in [0.29, 0.717) is 13.0 Å². The number of nitrogens with one attached hydrogen (secondary N) is 1. The average Bonchev–Trinajstić information content (AvgIpc) is 2.50. The van der Waals surface area contributed by atoms with Crippen LogP contribution in [0, 0.1) is 0 Å². The van der Waals surface area contributed by atoms with Gasteiger partial charge in [-0.1, -0.05) is 19.1 Å². The SMILES string of the molecule is CCc1ccc(CCl)cc1S(=O)(=O)NCC(COC)OC. The van der Waals surface area contributed by atoms with E-state index in [2.05, 4.69) is 4.72 Å². The third kappa shape index (κ3) is 5.23. The summed E-state index contributed by atoms with van der Waals surface area (Å²) in [4.78, 5) is 0.274. The maximum Gasteiger partial charge on any atom is 0.240 e. The molecule has 0 aliphatic rings. The summed E-state index contributed by atoms with van der Waals surface area (Å²) < 4.78 is 37.6. The van der Waals surface area contributed by atoms with Crippen molar-refractivity contribution in [3.8, 4) is 0 Å². The van der Waals surface area contributed by atoms with Gasteiger partial charge in [-0.25, -0.2) is 13.1 Å². The van der Waals surface area contributed by atoms with Crippen molar-refractivity contribution in [1.29, 1.82) is 0 Å². The molecule has 1 aromatic carbocycles. The van der Waals surface area contributed by atoms with E-state index in [1.54, 1.807) is 19.2 Å². The van der Waals surface area contributed by atoms with Crippen molar-refractivity contribution in [2.45, 2.75) is 30.2 Å². The van der Waals surface area contributed by atoms with Crippen molar-refractivity contribution < 1.29 is 17.9 Å². The lowest BCUT2D eigenvalue weighted by Crippen LogP contribution is -2.36. The van der Waals surface area contributed by atoms with E-state index in [0.717, 1.165) is 11.1 Å². The first-order valence-electron chi connectivity index (χ1n) is 6.67. The monoisotopic (exact) mass is 335 g/mol. The Kier molecular flexibility index (Phi) is 7.62. The highest BCUT2D eigenvalue weighted by atomic mass is 35.5. The maximum absolute atomic E-state index is 12.5. The Morgan fingerprint density at radius 2 is 2.05 bits per heavy atom. The molecule has 1 aromatic rings. The van der Waals surface area contributed by atoms with E-state index in [1.807, 2.05) is 13.0 Å². The Morgan fingerprint density at radius 1 is 1.33 bits per heavy atom. The Balaban J connectivity index is 2.96. The number of sulfonamides is 1. The van der Waals surface area contributed by atoms with E-state index in [-0.39, 0.29) is 23.4 Å². The number of aryl methyl sites for hydroxylation is 1. The second-order valence-corrected chi connectivity index (χ2v) is 6.60. The summed E-state index contributed by atoms with van der Waals surface area (Å²) in [5.74, 6) is 0.275. The molecule has 0 amide bonds. The van der Waals surface area contributed by atoms with Gasteiger partial charge in [-0.15, -0.1) is 11.6 Å². The summed E-state index contributed by atoms with van der Waals surface area (Å²) in [6, 6.07) is 5.26. The first-order chi connectivity index (χ1) is 9.98. The van der Waals surface area contributed by atoms with Crippen molar-refractivity contribution in [1.82, 2.24) is 4.72 Å². The summed E-state index contributed by atoms with van der Waals surface area (Å²) >= 11 is 5.78. The molecule has 0 saturated heterocycles. The fourth-order valence-electron chi connectivity index (χ4n) is 1.90. The predicted molar refractivity (Wildman–Crippen MR) is 83.2 cm³/mol. The largest absolute Gasteiger partial charge is 0.382 e. The molecule has 1 N–H and O–H groups in total. The predicted octanol–water partition coefficient (Wildman–Crippen LogP) is 1.93. The fraction of sp³-hybridized carbons (Fsp3) is 0.571. The smallest absolute Gasteiger partial charge is 0.240 e. The van der Waals surface area contributed by atoms with Crippen LogP contribution in [-0.2, 0) is 31.8 Å². The van der Waals surface area contributed by atoms with Crippen LogP contribution in [0.25, 0.3) is 0 Å². The van der Waals surface area contributed by atoms with Crippen LogP contribution in [0.4, 0.5) is 0 Å². The van der Waals surface area contributed by atoms with Crippen LogP contribution in [0.2, 0.25) is 0 Å². The van der Waals surface area contributed by atoms with Gasteiger partial charge in [0.25, 0.3) is 0 Å². The summed E-state index contributed by atoms with van der Waals surface area (Å²) in [5.41, 5.74) is 1.53. The molecular weight excluding hydrogens is 314 g/mol. The van der Waals surface area contributed by atoms with E-state index < -0.39 is 10.0 Å². The normalized spacial score (nSPS) is 13.3. The summed E-state index contributed by atoms with van der Waals surface area (Å²) in [5, 5.41) is 0. The van der Waals surface area contributed by atoms with Crippen LogP contribution < -0.4 is 4.72 Å². The number of ether oxygens (including phenoxy) is 2. The molecule has 0 aliphatic carbocycles. The highest BCUT2D eigenvalue weighted by Crippen LogP contribution is 2.19. The van der Waals surface area contributed by atoms with E-state index in [1.165, 1.54) is 7.11 Å². The van der Waals surface area contributed by atoms with Crippen LogP contribution in [0.15, 0.2) is 23.1 Å². The van der Waals surface area contributed by atoms with Crippen LogP contribution >= 0.6 is 11.6 Å². The third-order valence-electron chi connectivity index (χ3n) is 3.14. The minimum Gasteiger partial charge on any atom is -0.382 e. The average molecular weight is 336 g/mol. The highest BCUT2D eigenvalue weighted by Gasteiger charge is 2.20. The lowest BCUT2D eigenvalue weighted by atomic mass is 10.1. The van der Waals surface area contributed by atoms with Gasteiger partial charge in [0.2, 0.25) is 10.0 Å². The summed E-state index contributed by atoms with van der Waals surface area (Å²) in [6.45, 7) is 2.39. The molecule has 7 heteroatoms. The molecule has 0 bridgehead atoms. The van der Waals surface area contributed by atoms with Gasteiger partial charge < -0.3 is 9.47 Å². The number of hydrogen-bond donors (Lipinski definition) is 1. The molecule has 1 atom stereocenters. The molecule has 0 aliphatic heterocycles. The third-order valence-corrected chi connectivity index (χ3v) is 4.96. The molecule has 0 saturated carbocycles. The van der Waals surface area contributed by atoms with Crippen molar-refractivity contribution in [3.05, 3.63) is 29.3 Å². The Morgan fingerprint density at radius 3 is 2.57 bits per heavy atom. The van der Waals surface area contributed by atoms with Gasteiger partial charge in [-0.2, -0.15) is 0 Å². The minimum atomic E-state index is -3.60. The first kappa shape index (κ1) is 18.4. The van der Waals surface area contributed by atoms with Gasteiger partial charge in [0.05, 0.1) is 17.6 Å². The standard InChI is InChI=1S/C14H22ClNO4S/c1-4-12-6-5-11(8-15)7-14(12)21(17,18)16-9-13(20-3)10-19-2/h5-7,13,16H,4,8-10H2,1-3H3. The number of rotatable bonds is 9. The molecule has 21 heavy (non-hydrogen) atoms. The molecule has 1 rings (SSSR count).